The molecule has 114 valence electrons. The molecule has 0 aliphatic heterocycles. The summed E-state index contributed by atoms with van der Waals surface area (Å²) >= 11 is 0. The number of benzene rings is 1. The highest BCUT2D eigenvalue weighted by Crippen LogP contribution is 2.27. The van der Waals surface area contributed by atoms with Gasteiger partial charge in [0.05, 0.1) is 13.2 Å². The monoisotopic (exact) mass is 292 g/mol. The summed E-state index contributed by atoms with van der Waals surface area (Å²) in [6.45, 7) is 7.27. The number of aromatic nitrogens is 1. The first-order valence-corrected chi connectivity index (χ1v) is 6.73. The number of fused-ring (bicyclic) bond motifs is 1. The molecule has 6 nitrogen and oxygen atoms in total. The maximum absolute atomic E-state index is 11.8. The first kappa shape index (κ1) is 15.2. The van der Waals surface area contributed by atoms with Crippen LogP contribution >= 0.6 is 0 Å². The van der Waals surface area contributed by atoms with E-state index in [0.717, 1.165) is 5.39 Å². The quantitative estimate of drug-likeness (QED) is 0.938. The lowest BCUT2D eigenvalue weighted by molar-refractivity contribution is 0.0506. The van der Waals surface area contributed by atoms with Crippen LogP contribution in [0.4, 0.5) is 4.79 Å². The number of ether oxygens (including phenoxy) is 2. The minimum absolute atomic E-state index is 0.325. The molecule has 0 spiro atoms. The second kappa shape index (κ2) is 5.63. The zero-order chi connectivity index (χ0) is 15.6. The minimum atomic E-state index is -0.539. The van der Waals surface area contributed by atoms with E-state index in [2.05, 4.69) is 10.5 Å². The van der Waals surface area contributed by atoms with E-state index in [0.29, 0.717) is 17.0 Å². The molecule has 0 radical (unpaired) electrons. The maximum atomic E-state index is 11.8. The summed E-state index contributed by atoms with van der Waals surface area (Å²) in [5.74, 6) is 0.693. The van der Waals surface area contributed by atoms with Gasteiger partial charge in [-0.2, -0.15) is 0 Å². The summed E-state index contributed by atoms with van der Waals surface area (Å²) < 4.78 is 15.6. The van der Waals surface area contributed by atoms with E-state index in [1.54, 1.807) is 13.2 Å². The van der Waals surface area contributed by atoms with Crippen molar-refractivity contribution in [3.8, 4) is 5.75 Å². The lowest BCUT2D eigenvalue weighted by atomic mass is 10.1. The number of hydrogen-bond acceptors (Lipinski definition) is 5. The normalized spacial score (nSPS) is 13.0. The minimum Gasteiger partial charge on any atom is -0.497 e. The van der Waals surface area contributed by atoms with Crippen LogP contribution in [0.1, 0.15) is 39.4 Å². The molecule has 2 aromatic rings. The highest BCUT2D eigenvalue weighted by atomic mass is 16.6. The van der Waals surface area contributed by atoms with Crippen molar-refractivity contribution in [2.24, 2.45) is 0 Å². The van der Waals surface area contributed by atoms with Gasteiger partial charge in [0.2, 0.25) is 0 Å². The molecule has 1 amide bonds. The van der Waals surface area contributed by atoms with Crippen molar-refractivity contribution in [2.75, 3.05) is 7.11 Å². The van der Waals surface area contributed by atoms with Crippen molar-refractivity contribution in [1.82, 2.24) is 10.5 Å². The van der Waals surface area contributed by atoms with Gasteiger partial charge in [0.15, 0.2) is 5.58 Å². The molecule has 1 aromatic carbocycles. The molecule has 0 saturated heterocycles. The zero-order valence-electron chi connectivity index (χ0n) is 12.9. The fraction of sp³-hybridized carbons (Fsp3) is 0.467. The Morgan fingerprint density at radius 2 is 2.10 bits per heavy atom. The van der Waals surface area contributed by atoms with Gasteiger partial charge in [0.1, 0.15) is 17.0 Å². The molecule has 0 bridgehead atoms. The molecule has 2 rings (SSSR count). The predicted molar refractivity (Wildman–Crippen MR) is 78.3 cm³/mol. The van der Waals surface area contributed by atoms with E-state index < -0.39 is 11.7 Å². The molecule has 0 aliphatic rings. The molecule has 1 N–H and O–H groups in total. The second-order valence-corrected chi connectivity index (χ2v) is 5.80. The van der Waals surface area contributed by atoms with Crippen molar-refractivity contribution in [2.45, 2.75) is 39.3 Å². The number of carbonyl (C=O) groups is 1. The van der Waals surface area contributed by atoms with Crippen LogP contribution in [0.15, 0.2) is 22.7 Å². The SMILES string of the molecule is COc1ccc2c(C(C)NC(=O)OC(C)(C)C)noc2c1. The maximum Gasteiger partial charge on any atom is 0.408 e. The van der Waals surface area contributed by atoms with Crippen LogP contribution in [0.3, 0.4) is 0 Å². The predicted octanol–water partition coefficient (Wildman–Crippen LogP) is 3.42. The standard InChI is InChI=1S/C15H20N2O4/c1-9(16-14(18)20-15(2,3)4)13-11-7-6-10(19-5)8-12(11)21-17-13/h6-9H,1-5H3,(H,16,18). The fourth-order valence-corrected chi connectivity index (χ4v) is 1.93. The molecule has 0 aliphatic carbocycles. The summed E-state index contributed by atoms with van der Waals surface area (Å²) in [7, 11) is 1.59. The van der Waals surface area contributed by atoms with Crippen LogP contribution in [0, 0.1) is 0 Å². The second-order valence-electron chi connectivity index (χ2n) is 5.80. The van der Waals surface area contributed by atoms with E-state index in [1.165, 1.54) is 0 Å². The Labute approximate surface area is 123 Å². The van der Waals surface area contributed by atoms with E-state index >= 15 is 0 Å². The average molecular weight is 292 g/mol. The Kier molecular flexibility index (Phi) is 4.06. The molecule has 1 heterocycles. The lowest BCUT2D eigenvalue weighted by Gasteiger charge is -2.21. The molecule has 6 heteroatoms. The highest BCUT2D eigenvalue weighted by Gasteiger charge is 2.21. The number of nitrogens with one attached hydrogen (secondary N) is 1. The molecule has 1 aromatic heterocycles. The highest BCUT2D eigenvalue weighted by molar-refractivity contribution is 5.81. The molecule has 21 heavy (non-hydrogen) atoms. The average Bonchev–Trinajstić information content (AvgIpc) is 2.78. The van der Waals surface area contributed by atoms with Gasteiger partial charge in [0, 0.05) is 11.5 Å². The Morgan fingerprint density at radius 1 is 1.38 bits per heavy atom. The van der Waals surface area contributed by atoms with E-state index in [1.807, 2.05) is 39.8 Å². The fourth-order valence-electron chi connectivity index (χ4n) is 1.93. The first-order valence-electron chi connectivity index (χ1n) is 6.73. The van der Waals surface area contributed by atoms with Crippen LogP contribution in [0.25, 0.3) is 11.0 Å². The number of hydrogen-bond donors (Lipinski definition) is 1. The van der Waals surface area contributed by atoms with Crippen molar-refractivity contribution >= 4 is 17.1 Å². The molecule has 1 atom stereocenters. The van der Waals surface area contributed by atoms with Crippen LogP contribution in [-0.2, 0) is 4.74 Å². The number of amides is 1. The van der Waals surface area contributed by atoms with Crippen LogP contribution in [-0.4, -0.2) is 24.0 Å². The Balaban J connectivity index is 2.16. The summed E-state index contributed by atoms with van der Waals surface area (Å²) in [5, 5.41) is 7.60. The molecular formula is C15H20N2O4. The van der Waals surface area contributed by atoms with E-state index in [9.17, 15) is 4.79 Å². The van der Waals surface area contributed by atoms with Gasteiger partial charge in [-0.1, -0.05) is 5.16 Å². The lowest BCUT2D eigenvalue weighted by Crippen LogP contribution is -2.34. The van der Waals surface area contributed by atoms with E-state index in [4.69, 9.17) is 14.0 Å². The van der Waals surface area contributed by atoms with E-state index in [-0.39, 0.29) is 6.04 Å². The van der Waals surface area contributed by atoms with Crippen molar-refractivity contribution in [3.63, 3.8) is 0 Å². The number of carbonyl (C=O) groups excluding carboxylic acids is 1. The summed E-state index contributed by atoms with van der Waals surface area (Å²) in [6, 6.07) is 5.11. The number of methoxy groups -OCH3 is 1. The number of nitrogens with zero attached hydrogens (tertiary/aromatic N) is 1. The van der Waals surface area contributed by atoms with Crippen LogP contribution in [0.2, 0.25) is 0 Å². The summed E-state index contributed by atoms with van der Waals surface area (Å²) in [4.78, 5) is 11.8. The Hall–Kier alpha value is -2.24. The van der Waals surface area contributed by atoms with Gasteiger partial charge < -0.3 is 19.3 Å². The third-order valence-electron chi connectivity index (χ3n) is 2.85. The van der Waals surface area contributed by atoms with Gasteiger partial charge in [-0.05, 0) is 39.8 Å². The van der Waals surface area contributed by atoms with Crippen LogP contribution in [0.5, 0.6) is 5.75 Å². The third kappa shape index (κ3) is 3.65. The molecule has 0 saturated carbocycles. The largest absolute Gasteiger partial charge is 0.497 e. The van der Waals surface area contributed by atoms with Gasteiger partial charge in [-0.25, -0.2) is 4.79 Å². The van der Waals surface area contributed by atoms with Gasteiger partial charge >= 0.3 is 6.09 Å². The number of rotatable bonds is 3. The van der Waals surface area contributed by atoms with Crippen LogP contribution < -0.4 is 10.1 Å². The Morgan fingerprint density at radius 3 is 2.71 bits per heavy atom. The molecule has 1 unspecified atom stereocenters. The third-order valence-corrected chi connectivity index (χ3v) is 2.85. The summed E-state index contributed by atoms with van der Waals surface area (Å²) in [6.07, 6.45) is -0.486. The number of alkyl carbamates (subject to hydrolysis) is 1. The summed E-state index contributed by atoms with van der Waals surface area (Å²) in [5.41, 5.74) is 0.726. The van der Waals surface area contributed by atoms with Gasteiger partial charge in [-0.15, -0.1) is 0 Å². The van der Waals surface area contributed by atoms with Gasteiger partial charge in [-0.3, -0.25) is 0 Å². The van der Waals surface area contributed by atoms with Crippen molar-refractivity contribution in [1.29, 1.82) is 0 Å². The first-order chi connectivity index (χ1) is 9.80. The molecule has 0 fully saturated rings. The topological polar surface area (TPSA) is 73.6 Å². The smallest absolute Gasteiger partial charge is 0.408 e. The zero-order valence-corrected chi connectivity index (χ0v) is 12.9. The molecular weight excluding hydrogens is 272 g/mol. The van der Waals surface area contributed by atoms with Crippen molar-refractivity contribution in [3.05, 3.63) is 23.9 Å². The van der Waals surface area contributed by atoms with Crippen molar-refractivity contribution < 1.29 is 18.8 Å². The Bertz CT molecular complexity index is 643. The van der Waals surface area contributed by atoms with Gasteiger partial charge in [0.25, 0.3) is 0 Å².